The van der Waals surface area contributed by atoms with Crippen LogP contribution in [0.3, 0.4) is 0 Å². The fourth-order valence-electron chi connectivity index (χ4n) is 10.7. The highest BCUT2D eigenvalue weighted by Crippen LogP contribution is 2.56. The van der Waals surface area contributed by atoms with Crippen LogP contribution in [-0.4, -0.2) is 6.71 Å². The number of fused-ring (bicyclic) bond motifs is 6. The molecule has 5 aromatic carbocycles. The summed E-state index contributed by atoms with van der Waals surface area (Å²) in [7, 11) is 0. The maximum atomic E-state index is 7.67. The molecule has 0 bridgehead atoms. The van der Waals surface area contributed by atoms with E-state index >= 15 is 0 Å². The van der Waals surface area contributed by atoms with Crippen molar-refractivity contribution in [1.82, 2.24) is 0 Å². The number of hydrogen-bond acceptors (Lipinski definition) is 3. The van der Waals surface area contributed by atoms with Crippen molar-refractivity contribution < 1.29 is 4.42 Å². The third-order valence-corrected chi connectivity index (χ3v) is 14.6. The van der Waals surface area contributed by atoms with E-state index in [4.69, 9.17) is 11.0 Å². The normalized spacial score (nSPS) is 16.2. The minimum absolute atomic E-state index is 0.0244. The van der Waals surface area contributed by atoms with Gasteiger partial charge in [0.1, 0.15) is 5.76 Å². The summed E-state index contributed by atoms with van der Waals surface area (Å²) < 4.78 is 7.67. The average Bonchev–Trinajstić information content (AvgIpc) is 3.66. The number of furan rings is 1. The number of benzene rings is 5. The standard InChI is InChI=1S/C61H69BN2O/c1-17-18-22-39(3)45-35-43(59(10,11)12)36-46(40-23-20-19-21-24-40)53(45)64-48-30-27-42(58(7,8)9)37-47(48)62-52-49(33-38(2)34-50(52)64)63(44-28-25-41(26-29-44)57(4,5)6)54-51-55(65-56(54)62)61(15,16)32-31-60(51,13)14/h17-30,33-37H,1,3,31-32H2,2,4-16H3/b22-18-. The quantitative estimate of drug-likeness (QED) is 0.123. The van der Waals surface area contributed by atoms with Gasteiger partial charge in [0, 0.05) is 44.9 Å². The Bertz CT molecular complexity index is 2920. The molecule has 0 saturated carbocycles. The van der Waals surface area contributed by atoms with E-state index in [9.17, 15) is 0 Å². The van der Waals surface area contributed by atoms with E-state index in [1.54, 1.807) is 0 Å². The molecule has 1 aromatic heterocycles. The molecule has 6 aromatic rings. The number of rotatable bonds is 6. The van der Waals surface area contributed by atoms with E-state index in [0.29, 0.717) is 0 Å². The first-order chi connectivity index (χ1) is 30.4. The molecule has 2 aliphatic heterocycles. The van der Waals surface area contributed by atoms with E-state index in [1.807, 2.05) is 12.2 Å². The summed E-state index contributed by atoms with van der Waals surface area (Å²) in [4.78, 5) is 5.17. The van der Waals surface area contributed by atoms with E-state index in [0.717, 1.165) is 58.0 Å². The lowest BCUT2D eigenvalue weighted by molar-refractivity contribution is 0.282. The fourth-order valence-corrected chi connectivity index (χ4v) is 10.7. The fraction of sp³-hybridized carbons (Fsp3) is 0.344. The predicted molar refractivity (Wildman–Crippen MR) is 283 cm³/mol. The van der Waals surface area contributed by atoms with Crippen LogP contribution >= 0.6 is 0 Å². The summed E-state index contributed by atoms with van der Waals surface area (Å²) >= 11 is 0. The van der Waals surface area contributed by atoms with Crippen molar-refractivity contribution in [3.8, 4) is 11.1 Å². The second-order valence-electron chi connectivity index (χ2n) is 23.6. The molecule has 0 saturated heterocycles. The molecule has 65 heavy (non-hydrogen) atoms. The summed E-state index contributed by atoms with van der Waals surface area (Å²) in [5, 5.41) is 0. The van der Waals surface area contributed by atoms with Crippen molar-refractivity contribution >= 4 is 63.0 Å². The smallest absolute Gasteiger partial charge is 0.297 e. The zero-order valence-corrected chi connectivity index (χ0v) is 41.7. The first-order valence-electron chi connectivity index (χ1n) is 23.8. The van der Waals surface area contributed by atoms with E-state index in [2.05, 4.69) is 216 Å². The van der Waals surface area contributed by atoms with E-state index in [-0.39, 0.29) is 33.8 Å². The van der Waals surface area contributed by atoms with Gasteiger partial charge in [0.25, 0.3) is 6.71 Å². The van der Waals surface area contributed by atoms with Crippen LogP contribution in [0.5, 0.6) is 0 Å². The molecule has 0 unspecified atom stereocenters. The number of hydrogen-bond donors (Lipinski definition) is 0. The molecule has 4 heteroatoms. The van der Waals surface area contributed by atoms with Crippen molar-refractivity contribution in [3.05, 3.63) is 168 Å². The van der Waals surface area contributed by atoms with Gasteiger partial charge in [-0.3, -0.25) is 0 Å². The minimum atomic E-state index is -0.146. The Kier molecular flexibility index (Phi) is 10.4. The Morgan fingerprint density at radius 2 is 1.26 bits per heavy atom. The third kappa shape index (κ3) is 7.36. The lowest BCUT2D eigenvalue weighted by Crippen LogP contribution is -2.61. The highest BCUT2D eigenvalue weighted by Gasteiger charge is 2.52. The van der Waals surface area contributed by atoms with Crippen LogP contribution < -0.4 is 26.4 Å². The molecule has 9 rings (SSSR count). The Morgan fingerprint density at radius 3 is 1.88 bits per heavy atom. The minimum Gasteiger partial charge on any atom is -0.472 e. The van der Waals surface area contributed by atoms with Gasteiger partial charge >= 0.3 is 0 Å². The molecule has 0 N–H and O–H groups in total. The van der Waals surface area contributed by atoms with Crippen LogP contribution in [0, 0.1) is 6.92 Å². The predicted octanol–water partition coefficient (Wildman–Crippen LogP) is 15.3. The van der Waals surface area contributed by atoms with Crippen molar-refractivity contribution in [1.29, 1.82) is 0 Å². The van der Waals surface area contributed by atoms with Gasteiger partial charge in [-0.15, -0.1) is 0 Å². The summed E-state index contributed by atoms with van der Waals surface area (Å²) in [6.07, 6.45) is 8.12. The molecule has 3 nitrogen and oxygen atoms in total. The van der Waals surface area contributed by atoms with Gasteiger partial charge in [0.2, 0.25) is 0 Å². The van der Waals surface area contributed by atoms with Gasteiger partial charge in [-0.2, -0.15) is 0 Å². The molecule has 1 aliphatic carbocycles. The van der Waals surface area contributed by atoms with E-state index in [1.165, 1.54) is 61.4 Å². The molecular formula is C61H69BN2O. The van der Waals surface area contributed by atoms with Crippen LogP contribution in [0.25, 0.3) is 16.7 Å². The number of anilines is 6. The van der Waals surface area contributed by atoms with Gasteiger partial charge in [-0.1, -0.05) is 176 Å². The molecule has 3 heterocycles. The summed E-state index contributed by atoms with van der Waals surface area (Å²) in [6, 6.07) is 37.2. The van der Waals surface area contributed by atoms with Crippen molar-refractivity contribution in [2.75, 3.05) is 9.80 Å². The number of allylic oxidation sites excluding steroid dienone is 4. The van der Waals surface area contributed by atoms with Crippen LogP contribution in [0.1, 0.15) is 142 Å². The maximum absolute atomic E-state index is 7.67. The SMILES string of the molecule is C=C/C=C\C(=C)c1cc(C(C)(C)C)cc(-c2ccccc2)c1N1c2ccc(C(C)(C)C)cc2B2c3oc4c(c3N(c3ccc(C(C)(C)C)cc3)c3cc(C)cc1c32)C(C)(C)CCC4(C)C. The maximum Gasteiger partial charge on any atom is 0.297 e. The highest BCUT2D eigenvalue weighted by molar-refractivity contribution is 6.99. The molecule has 332 valence electrons. The Hall–Kier alpha value is -5.74. The Labute approximate surface area is 391 Å². The summed E-state index contributed by atoms with van der Waals surface area (Å²) in [6.45, 7) is 41.4. The zero-order chi connectivity index (χ0) is 46.8. The van der Waals surface area contributed by atoms with Crippen LogP contribution in [0.15, 0.2) is 133 Å². The molecule has 0 radical (unpaired) electrons. The lowest BCUT2D eigenvalue weighted by Gasteiger charge is -2.45. The molecule has 0 spiro atoms. The Morgan fingerprint density at radius 1 is 0.662 bits per heavy atom. The number of aryl methyl sites for hydroxylation is 1. The first kappa shape index (κ1) is 44.5. The van der Waals surface area contributed by atoms with Crippen molar-refractivity contribution in [2.24, 2.45) is 0 Å². The third-order valence-electron chi connectivity index (χ3n) is 14.6. The average molecular weight is 857 g/mol. The molecular weight excluding hydrogens is 787 g/mol. The molecule has 3 aliphatic rings. The molecule has 0 fully saturated rings. The van der Waals surface area contributed by atoms with Gasteiger partial charge < -0.3 is 14.2 Å². The van der Waals surface area contributed by atoms with Gasteiger partial charge in [-0.05, 0) is 128 Å². The topological polar surface area (TPSA) is 19.6 Å². The van der Waals surface area contributed by atoms with Gasteiger partial charge in [-0.25, -0.2) is 0 Å². The number of nitrogens with zero attached hydrogens (tertiary/aromatic N) is 2. The first-order valence-corrected chi connectivity index (χ1v) is 23.8. The van der Waals surface area contributed by atoms with E-state index < -0.39 is 0 Å². The van der Waals surface area contributed by atoms with Crippen LogP contribution in [0.4, 0.5) is 34.1 Å². The zero-order valence-electron chi connectivity index (χ0n) is 41.7. The highest BCUT2D eigenvalue weighted by atomic mass is 16.3. The molecule has 0 atom stereocenters. The second kappa shape index (κ2) is 15.2. The van der Waals surface area contributed by atoms with Crippen molar-refractivity contribution in [3.63, 3.8) is 0 Å². The van der Waals surface area contributed by atoms with Crippen LogP contribution in [-0.2, 0) is 27.1 Å². The summed E-state index contributed by atoms with van der Waals surface area (Å²) in [5.41, 5.74) is 21.0. The van der Waals surface area contributed by atoms with Crippen LogP contribution in [0.2, 0.25) is 0 Å². The van der Waals surface area contributed by atoms with Gasteiger partial charge in [0.15, 0.2) is 0 Å². The monoisotopic (exact) mass is 857 g/mol. The summed E-state index contributed by atoms with van der Waals surface area (Å²) in [5.74, 6) is 1.13. The lowest BCUT2D eigenvalue weighted by atomic mass is 9.35. The largest absolute Gasteiger partial charge is 0.472 e. The van der Waals surface area contributed by atoms with Gasteiger partial charge in [0.05, 0.1) is 17.0 Å². The molecule has 0 amide bonds. The Balaban J connectivity index is 1.47. The second-order valence-corrected chi connectivity index (χ2v) is 23.6. The van der Waals surface area contributed by atoms with Crippen molar-refractivity contribution in [2.45, 2.75) is 137 Å².